The lowest BCUT2D eigenvalue weighted by atomic mass is 10.1. The molecule has 0 aromatic heterocycles. The molecular weight excluding hydrogens is 440 g/mol. The van der Waals surface area contributed by atoms with E-state index in [2.05, 4.69) is 20.8 Å². The zero-order valence-corrected chi connectivity index (χ0v) is 18.8. The van der Waals surface area contributed by atoms with Crippen molar-refractivity contribution in [1.29, 1.82) is 0 Å². The van der Waals surface area contributed by atoms with Gasteiger partial charge in [0.05, 0.1) is 19.9 Å². The summed E-state index contributed by atoms with van der Waals surface area (Å²) in [6.07, 6.45) is -0.0899. The number of aliphatic imine (C=N–C) groups is 1. The van der Waals surface area contributed by atoms with Gasteiger partial charge in [0.1, 0.15) is 24.2 Å². The molecule has 3 unspecified atom stereocenters. The highest BCUT2D eigenvalue weighted by molar-refractivity contribution is 6.03. The fourth-order valence-corrected chi connectivity index (χ4v) is 3.67. The number of fused-ring (bicyclic) bond motifs is 1. The topological polar surface area (TPSA) is 128 Å². The van der Waals surface area contributed by atoms with E-state index in [9.17, 15) is 14.7 Å². The molecule has 3 amide bonds. The minimum atomic E-state index is -0.957. The molecule has 0 spiro atoms. The summed E-state index contributed by atoms with van der Waals surface area (Å²) in [7, 11) is 3.13. The first-order valence-electron chi connectivity index (χ1n) is 10.7. The van der Waals surface area contributed by atoms with Gasteiger partial charge in [0.2, 0.25) is 5.96 Å². The molecule has 1 saturated heterocycles. The molecular formula is C23H26N6O5. The van der Waals surface area contributed by atoms with E-state index in [1.165, 1.54) is 4.90 Å². The van der Waals surface area contributed by atoms with Crippen LogP contribution in [0.25, 0.3) is 0 Å². The van der Waals surface area contributed by atoms with Crippen LogP contribution < -0.4 is 20.2 Å². The van der Waals surface area contributed by atoms with Gasteiger partial charge in [0.15, 0.2) is 12.2 Å². The van der Waals surface area contributed by atoms with Gasteiger partial charge >= 0.3 is 6.03 Å². The number of hydrazone groups is 1. The average Bonchev–Trinajstić information content (AvgIpc) is 3.21. The van der Waals surface area contributed by atoms with E-state index in [0.717, 1.165) is 5.56 Å². The fourth-order valence-electron chi connectivity index (χ4n) is 3.67. The van der Waals surface area contributed by atoms with Gasteiger partial charge < -0.3 is 24.4 Å². The normalized spacial score (nSPS) is 20.6. The van der Waals surface area contributed by atoms with Crippen LogP contribution in [0.4, 0.5) is 4.79 Å². The molecule has 0 saturated carbocycles. The van der Waals surface area contributed by atoms with Crippen molar-refractivity contribution in [2.45, 2.75) is 18.3 Å². The van der Waals surface area contributed by atoms with Crippen molar-refractivity contribution in [3.8, 4) is 11.5 Å². The smallest absolute Gasteiger partial charge is 0.325 e. The van der Waals surface area contributed by atoms with Gasteiger partial charge in [-0.2, -0.15) is 5.10 Å². The third kappa shape index (κ3) is 5.09. The number of aliphatic hydroxyl groups excluding tert-OH is 1. The van der Waals surface area contributed by atoms with Gasteiger partial charge in [-0.25, -0.2) is 15.2 Å². The van der Waals surface area contributed by atoms with Crippen LogP contribution in [0.3, 0.4) is 0 Å². The SMILES string of the molecule is COc1ccc(OCC(O)CN2C(N/N=C\c3ccccc3)=NC3C2C(=O)NC(=O)N3C)cc1. The Morgan fingerprint density at radius 3 is 2.59 bits per heavy atom. The third-order valence-electron chi connectivity index (χ3n) is 5.45. The lowest BCUT2D eigenvalue weighted by Gasteiger charge is -2.36. The Balaban J connectivity index is 1.45. The molecule has 11 nitrogen and oxygen atoms in total. The van der Waals surface area contributed by atoms with E-state index >= 15 is 0 Å². The molecule has 2 aromatic carbocycles. The zero-order valence-electron chi connectivity index (χ0n) is 18.8. The maximum absolute atomic E-state index is 12.6. The molecule has 0 aliphatic carbocycles. The zero-order chi connectivity index (χ0) is 24.1. The number of likely N-dealkylation sites (N-methyl/N-ethyl adjacent to an activating group) is 1. The van der Waals surface area contributed by atoms with E-state index in [4.69, 9.17) is 9.47 Å². The molecule has 2 heterocycles. The molecule has 2 aromatic rings. The number of urea groups is 1. The van der Waals surface area contributed by atoms with Crippen molar-refractivity contribution in [3.05, 3.63) is 60.2 Å². The molecule has 11 heteroatoms. The van der Waals surface area contributed by atoms with Crippen LogP contribution in [-0.2, 0) is 4.79 Å². The van der Waals surface area contributed by atoms with Crippen molar-refractivity contribution in [1.82, 2.24) is 20.5 Å². The average molecular weight is 466 g/mol. The summed E-state index contributed by atoms with van der Waals surface area (Å²) >= 11 is 0. The van der Waals surface area contributed by atoms with Crippen LogP contribution in [0, 0.1) is 0 Å². The van der Waals surface area contributed by atoms with Gasteiger partial charge in [-0.1, -0.05) is 30.3 Å². The summed E-state index contributed by atoms with van der Waals surface area (Å²) in [4.78, 5) is 32.1. The molecule has 3 N–H and O–H groups in total. The molecule has 178 valence electrons. The van der Waals surface area contributed by atoms with E-state index in [0.29, 0.717) is 11.5 Å². The van der Waals surface area contributed by atoms with E-state index < -0.39 is 30.2 Å². The molecule has 34 heavy (non-hydrogen) atoms. The minimum Gasteiger partial charge on any atom is -0.497 e. The van der Waals surface area contributed by atoms with Crippen molar-refractivity contribution >= 4 is 24.1 Å². The number of hydrogen-bond donors (Lipinski definition) is 3. The van der Waals surface area contributed by atoms with Crippen molar-refractivity contribution in [2.24, 2.45) is 10.1 Å². The van der Waals surface area contributed by atoms with Crippen LogP contribution in [0.1, 0.15) is 5.56 Å². The van der Waals surface area contributed by atoms with Gasteiger partial charge in [0, 0.05) is 7.05 Å². The monoisotopic (exact) mass is 466 g/mol. The Hall–Kier alpha value is -4.12. The van der Waals surface area contributed by atoms with Crippen LogP contribution >= 0.6 is 0 Å². The van der Waals surface area contributed by atoms with Crippen molar-refractivity contribution in [2.75, 3.05) is 27.3 Å². The summed E-state index contributed by atoms with van der Waals surface area (Å²) in [5.74, 6) is 1.03. The number of imide groups is 1. The maximum atomic E-state index is 12.6. The predicted molar refractivity (Wildman–Crippen MR) is 125 cm³/mol. The standard InChI is InChI=1S/C23H26N6O5/c1-28-20-19(21(31)26-23(28)32)29(22(25-20)27-24-12-15-6-4-3-5-7-15)13-16(30)14-34-18-10-8-17(33-2)9-11-18/h3-12,16,19-20,30H,13-14H2,1-2H3,(H,25,27)(H,26,31,32)/b24-12-. The highest BCUT2D eigenvalue weighted by Crippen LogP contribution is 2.24. The Kier molecular flexibility index (Phi) is 6.93. The number of nitrogens with one attached hydrogen (secondary N) is 2. The summed E-state index contributed by atoms with van der Waals surface area (Å²) in [6, 6.07) is 15.1. The largest absolute Gasteiger partial charge is 0.497 e. The quantitative estimate of drug-likeness (QED) is 0.384. The Morgan fingerprint density at radius 1 is 1.18 bits per heavy atom. The Bertz CT molecular complexity index is 1080. The first kappa shape index (κ1) is 23.1. The fraction of sp³-hybridized carbons (Fsp3) is 0.304. The number of hydrogen-bond acceptors (Lipinski definition) is 9. The number of methoxy groups -OCH3 is 1. The number of amides is 3. The minimum absolute atomic E-state index is 0.0167. The number of carbonyl (C=O) groups is 2. The third-order valence-corrected chi connectivity index (χ3v) is 5.45. The summed E-state index contributed by atoms with van der Waals surface area (Å²) in [5, 5.41) is 17.2. The van der Waals surface area contributed by atoms with Crippen molar-refractivity contribution in [3.63, 3.8) is 0 Å². The maximum Gasteiger partial charge on any atom is 0.325 e. The van der Waals surface area contributed by atoms with E-state index in [1.54, 1.807) is 49.5 Å². The predicted octanol–water partition coefficient (Wildman–Crippen LogP) is 0.607. The lowest BCUT2D eigenvalue weighted by Crippen LogP contribution is -2.64. The Morgan fingerprint density at radius 2 is 1.88 bits per heavy atom. The first-order chi connectivity index (χ1) is 16.5. The molecule has 0 radical (unpaired) electrons. The van der Waals surface area contributed by atoms with Crippen LogP contribution in [0.2, 0.25) is 0 Å². The number of carbonyl (C=O) groups excluding carboxylic acids is 2. The summed E-state index contributed by atoms with van der Waals surface area (Å²) in [6.45, 7) is 0.0105. The van der Waals surface area contributed by atoms with Crippen LogP contribution in [0.15, 0.2) is 64.7 Å². The number of guanidine groups is 1. The molecule has 1 fully saturated rings. The molecule has 4 rings (SSSR count). The number of nitrogens with zero attached hydrogens (tertiary/aromatic N) is 4. The number of ether oxygens (including phenoxy) is 2. The number of benzene rings is 2. The lowest BCUT2D eigenvalue weighted by molar-refractivity contribution is -0.127. The molecule has 2 aliphatic heterocycles. The van der Waals surface area contributed by atoms with Crippen molar-refractivity contribution < 1.29 is 24.2 Å². The van der Waals surface area contributed by atoms with Gasteiger partial charge in [0.25, 0.3) is 5.91 Å². The number of aliphatic hydroxyl groups is 1. The highest BCUT2D eigenvalue weighted by Gasteiger charge is 2.49. The van der Waals surface area contributed by atoms with Gasteiger partial charge in [-0.05, 0) is 29.8 Å². The summed E-state index contributed by atoms with van der Waals surface area (Å²) < 4.78 is 10.8. The van der Waals surface area contributed by atoms with E-state index in [-0.39, 0.29) is 19.1 Å². The molecule has 0 bridgehead atoms. The van der Waals surface area contributed by atoms with Crippen LogP contribution in [-0.4, -0.2) is 84.6 Å². The second-order valence-corrected chi connectivity index (χ2v) is 7.79. The highest BCUT2D eigenvalue weighted by atomic mass is 16.5. The first-order valence-corrected chi connectivity index (χ1v) is 10.7. The van der Waals surface area contributed by atoms with Gasteiger partial charge in [-0.15, -0.1) is 0 Å². The molecule has 2 aliphatic rings. The van der Waals surface area contributed by atoms with E-state index in [1.807, 2.05) is 30.3 Å². The number of rotatable bonds is 8. The molecule has 3 atom stereocenters. The summed E-state index contributed by atoms with van der Waals surface area (Å²) in [5.41, 5.74) is 3.72. The number of β-amino-alcohol motifs (C(OH)–C–C–N with tert-alkyl or cyclic N) is 1. The van der Waals surface area contributed by atoms with Gasteiger partial charge in [-0.3, -0.25) is 10.1 Å². The Labute approximate surface area is 196 Å². The second-order valence-electron chi connectivity index (χ2n) is 7.79. The second kappa shape index (κ2) is 10.2. The van der Waals surface area contributed by atoms with Crippen LogP contribution in [0.5, 0.6) is 11.5 Å².